The van der Waals surface area contributed by atoms with Gasteiger partial charge in [-0.25, -0.2) is 0 Å². The van der Waals surface area contributed by atoms with Gasteiger partial charge in [-0.2, -0.15) is 0 Å². The standard InChI is InChI=1S/C17H26N2/c1-2-17(13-18,16-7-8-16)19-11-9-14-5-3-4-6-15(14)10-12-19/h3-6,16H,2,7-13,18H2,1H3. The maximum Gasteiger partial charge on any atom is 0.0357 e. The molecule has 1 aliphatic heterocycles. The molecule has 2 N–H and O–H groups in total. The van der Waals surface area contributed by atoms with Crippen LogP contribution in [0, 0.1) is 5.92 Å². The fourth-order valence-electron chi connectivity index (χ4n) is 3.94. The van der Waals surface area contributed by atoms with E-state index in [1.54, 1.807) is 11.1 Å². The van der Waals surface area contributed by atoms with Gasteiger partial charge in [-0.3, -0.25) is 4.90 Å². The third kappa shape index (κ3) is 2.32. The van der Waals surface area contributed by atoms with Gasteiger partial charge in [0.25, 0.3) is 0 Å². The Morgan fingerprint density at radius 2 is 1.74 bits per heavy atom. The predicted molar refractivity (Wildman–Crippen MR) is 80.2 cm³/mol. The van der Waals surface area contributed by atoms with Crippen molar-refractivity contribution in [2.45, 2.75) is 44.6 Å². The van der Waals surface area contributed by atoms with Crippen molar-refractivity contribution in [3.8, 4) is 0 Å². The Kier molecular flexibility index (Phi) is 3.64. The minimum Gasteiger partial charge on any atom is -0.329 e. The quantitative estimate of drug-likeness (QED) is 0.899. The molecule has 2 aliphatic rings. The number of hydrogen-bond acceptors (Lipinski definition) is 2. The molecule has 19 heavy (non-hydrogen) atoms. The molecule has 0 saturated heterocycles. The molecule has 0 amide bonds. The summed E-state index contributed by atoms with van der Waals surface area (Å²) in [6.45, 7) is 5.50. The number of rotatable bonds is 4. The second kappa shape index (κ2) is 5.26. The van der Waals surface area contributed by atoms with E-state index in [2.05, 4.69) is 36.1 Å². The number of benzene rings is 1. The summed E-state index contributed by atoms with van der Waals surface area (Å²) in [6.07, 6.45) is 6.34. The van der Waals surface area contributed by atoms with Crippen LogP contribution in [0.1, 0.15) is 37.3 Å². The molecule has 104 valence electrons. The average molecular weight is 258 g/mol. The van der Waals surface area contributed by atoms with Gasteiger partial charge >= 0.3 is 0 Å². The Bertz CT molecular complexity index is 406. The zero-order valence-electron chi connectivity index (χ0n) is 12.1. The summed E-state index contributed by atoms with van der Waals surface area (Å²) in [5.41, 5.74) is 9.57. The summed E-state index contributed by atoms with van der Waals surface area (Å²) in [7, 11) is 0. The molecular formula is C17H26N2. The number of nitrogens with two attached hydrogens (primary N) is 1. The van der Waals surface area contributed by atoms with Gasteiger partial charge in [0, 0.05) is 25.2 Å². The second-order valence-electron chi connectivity index (χ2n) is 6.19. The summed E-state index contributed by atoms with van der Waals surface area (Å²) in [5.74, 6) is 0.851. The van der Waals surface area contributed by atoms with E-state index in [1.165, 1.54) is 45.2 Å². The SMILES string of the molecule is CCC(CN)(C1CC1)N1CCc2ccccc2CC1. The molecule has 3 rings (SSSR count). The molecule has 0 radical (unpaired) electrons. The van der Waals surface area contributed by atoms with Gasteiger partial charge in [-0.05, 0) is 49.1 Å². The summed E-state index contributed by atoms with van der Waals surface area (Å²) >= 11 is 0. The van der Waals surface area contributed by atoms with Gasteiger partial charge in [-0.15, -0.1) is 0 Å². The molecule has 1 aromatic rings. The Morgan fingerprint density at radius 1 is 1.16 bits per heavy atom. The highest BCUT2D eigenvalue weighted by atomic mass is 15.2. The van der Waals surface area contributed by atoms with Crippen LogP contribution in [0.2, 0.25) is 0 Å². The summed E-state index contributed by atoms with van der Waals surface area (Å²) in [6, 6.07) is 8.94. The van der Waals surface area contributed by atoms with Crippen molar-refractivity contribution >= 4 is 0 Å². The van der Waals surface area contributed by atoms with Crippen LogP contribution in [0.5, 0.6) is 0 Å². The number of hydrogen-bond donors (Lipinski definition) is 1. The molecule has 0 spiro atoms. The second-order valence-corrected chi connectivity index (χ2v) is 6.19. The van der Waals surface area contributed by atoms with Crippen molar-refractivity contribution in [1.29, 1.82) is 0 Å². The molecule has 1 unspecified atom stereocenters. The molecule has 0 bridgehead atoms. The van der Waals surface area contributed by atoms with Crippen molar-refractivity contribution in [2.24, 2.45) is 11.7 Å². The van der Waals surface area contributed by atoms with Crippen LogP contribution >= 0.6 is 0 Å². The molecule has 1 aromatic carbocycles. The number of nitrogens with zero attached hydrogens (tertiary/aromatic N) is 1. The van der Waals surface area contributed by atoms with E-state index in [4.69, 9.17) is 5.73 Å². The lowest BCUT2D eigenvalue weighted by atomic mass is 9.87. The third-order valence-electron chi connectivity index (χ3n) is 5.35. The van der Waals surface area contributed by atoms with E-state index in [0.717, 1.165) is 12.5 Å². The smallest absolute Gasteiger partial charge is 0.0357 e. The zero-order chi connectivity index (χ0) is 13.3. The van der Waals surface area contributed by atoms with Crippen molar-refractivity contribution < 1.29 is 0 Å². The minimum atomic E-state index is 0.280. The van der Waals surface area contributed by atoms with Gasteiger partial charge in [0.05, 0.1) is 0 Å². The number of fused-ring (bicyclic) bond motifs is 1. The largest absolute Gasteiger partial charge is 0.329 e. The first-order chi connectivity index (χ1) is 9.30. The molecule has 1 saturated carbocycles. The van der Waals surface area contributed by atoms with Crippen molar-refractivity contribution in [3.05, 3.63) is 35.4 Å². The summed E-state index contributed by atoms with van der Waals surface area (Å²) in [4.78, 5) is 2.71. The van der Waals surface area contributed by atoms with Crippen LogP contribution in [0.15, 0.2) is 24.3 Å². The average Bonchev–Trinajstić information content (AvgIpc) is 3.28. The molecule has 0 aromatic heterocycles. The molecule has 1 heterocycles. The minimum absolute atomic E-state index is 0.280. The Morgan fingerprint density at radius 3 is 2.16 bits per heavy atom. The highest BCUT2D eigenvalue weighted by Crippen LogP contribution is 2.45. The van der Waals surface area contributed by atoms with E-state index in [-0.39, 0.29) is 5.54 Å². The highest BCUT2D eigenvalue weighted by molar-refractivity contribution is 5.29. The van der Waals surface area contributed by atoms with Crippen LogP contribution in [0.4, 0.5) is 0 Å². The van der Waals surface area contributed by atoms with E-state index < -0.39 is 0 Å². The maximum atomic E-state index is 6.20. The summed E-state index contributed by atoms with van der Waals surface area (Å²) < 4.78 is 0. The molecule has 1 atom stereocenters. The first-order valence-electron chi connectivity index (χ1n) is 7.82. The van der Waals surface area contributed by atoms with E-state index in [9.17, 15) is 0 Å². The van der Waals surface area contributed by atoms with Gasteiger partial charge in [-0.1, -0.05) is 31.2 Å². The first-order valence-corrected chi connectivity index (χ1v) is 7.82. The lowest BCUT2D eigenvalue weighted by Crippen LogP contribution is -2.56. The Labute approximate surface area is 117 Å². The lowest BCUT2D eigenvalue weighted by molar-refractivity contribution is 0.0726. The fourth-order valence-corrected chi connectivity index (χ4v) is 3.94. The zero-order valence-corrected chi connectivity index (χ0v) is 12.1. The lowest BCUT2D eigenvalue weighted by Gasteiger charge is -2.43. The third-order valence-corrected chi connectivity index (χ3v) is 5.35. The van der Waals surface area contributed by atoms with E-state index in [1.807, 2.05) is 0 Å². The first kappa shape index (κ1) is 13.1. The van der Waals surface area contributed by atoms with Crippen LogP contribution in [0.25, 0.3) is 0 Å². The molecule has 2 heteroatoms. The van der Waals surface area contributed by atoms with Crippen molar-refractivity contribution in [2.75, 3.05) is 19.6 Å². The van der Waals surface area contributed by atoms with E-state index in [0.29, 0.717) is 0 Å². The molecular weight excluding hydrogens is 232 g/mol. The topological polar surface area (TPSA) is 29.3 Å². The summed E-state index contributed by atoms with van der Waals surface area (Å²) in [5, 5.41) is 0. The predicted octanol–water partition coefficient (Wildman–Crippen LogP) is 2.60. The van der Waals surface area contributed by atoms with Gasteiger partial charge in [0.1, 0.15) is 0 Å². The maximum absolute atomic E-state index is 6.20. The molecule has 1 fully saturated rings. The fraction of sp³-hybridized carbons (Fsp3) is 0.647. The van der Waals surface area contributed by atoms with Crippen LogP contribution < -0.4 is 5.73 Å². The highest BCUT2D eigenvalue weighted by Gasteiger charge is 2.46. The molecule has 1 aliphatic carbocycles. The van der Waals surface area contributed by atoms with Crippen LogP contribution in [0.3, 0.4) is 0 Å². The Hall–Kier alpha value is -0.860. The van der Waals surface area contributed by atoms with E-state index >= 15 is 0 Å². The Balaban J connectivity index is 1.80. The van der Waals surface area contributed by atoms with Gasteiger partial charge in [0.15, 0.2) is 0 Å². The van der Waals surface area contributed by atoms with Crippen molar-refractivity contribution in [1.82, 2.24) is 4.90 Å². The van der Waals surface area contributed by atoms with Crippen LogP contribution in [-0.4, -0.2) is 30.1 Å². The van der Waals surface area contributed by atoms with Gasteiger partial charge in [0.2, 0.25) is 0 Å². The van der Waals surface area contributed by atoms with Crippen LogP contribution in [-0.2, 0) is 12.8 Å². The molecule has 2 nitrogen and oxygen atoms in total. The van der Waals surface area contributed by atoms with Crippen molar-refractivity contribution in [3.63, 3.8) is 0 Å². The van der Waals surface area contributed by atoms with Gasteiger partial charge < -0.3 is 5.73 Å². The monoisotopic (exact) mass is 258 g/mol. The normalized spacial score (nSPS) is 23.5.